The Balaban J connectivity index is 1.81. The summed E-state index contributed by atoms with van der Waals surface area (Å²) in [7, 11) is 1.77. The highest BCUT2D eigenvalue weighted by molar-refractivity contribution is 5.80. The third-order valence-corrected chi connectivity index (χ3v) is 5.09. The molecule has 0 bridgehead atoms. The molecule has 0 saturated carbocycles. The number of nitrogens with zero attached hydrogens (tertiary/aromatic N) is 3. The number of aliphatic imine (C=N–C) groups is 1. The number of ether oxygens (including phenoxy) is 2. The largest absolute Gasteiger partial charge is 0.444 e. The van der Waals surface area contributed by atoms with Gasteiger partial charge in [0.1, 0.15) is 5.60 Å². The first-order valence-corrected chi connectivity index (χ1v) is 10.3. The number of guanidine groups is 1. The van der Waals surface area contributed by atoms with Crippen LogP contribution in [0.1, 0.15) is 47.0 Å². The lowest BCUT2D eigenvalue weighted by molar-refractivity contribution is 0.0187. The van der Waals surface area contributed by atoms with Gasteiger partial charge in [-0.2, -0.15) is 0 Å². The molecule has 0 radical (unpaired) electrons. The number of likely N-dealkylation sites (tertiary alicyclic amines) is 2. The maximum atomic E-state index is 12.2. The molecule has 2 aliphatic rings. The molecule has 0 aromatic heterocycles. The maximum absolute atomic E-state index is 12.2. The van der Waals surface area contributed by atoms with Gasteiger partial charge in [-0.1, -0.05) is 0 Å². The molecule has 1 unspecified atom stereocenters. The molecule has 156 valence electrons. The summed E-state index contributed by atoms with van der Waals surface area (Å²) in [6.45, 7) is 13.9. The van der Waals surface area contributed by atoms with Crippen molar-refractivity contribution in [3.63, 3.8) is 0 Å². The van der Waals surface area contributed by atoms with Gasteiger partial charge < -0.3 is 24.6 Å². The van der Waals surface area contributed by atoms with Crippen LogP contribution >= 0.6 is 0 Å². The second-order valence-corrected chi connectivity index (χ2v) is 8.66. The van der Waals surface area contributed by atoms with E-state index in [0.29, 0.717) is 11.8 Å². The van der Waals surface area contributed by atoms with E-state index in [0.717, 1.165) is 71.1 Å². The minimum Gasteiger partial charge on any atom is -0.444 e. The van der Waals surface area contributed by atoms with E-state index in [2.05, 4.69) is 17.1 Å². The molecule has 2 aliphatic heterocycles. The molecular weight excluding hydrogens is 344 g/mol. The number of hydrogen-bond acceptors (Lipinski definition) is 4. The van der Waals surface area contributed by atoms with Gasteiger partial charge in [0.2, 0.25) is 0 Å². The van der Waals surface area contributed by atoms with E-state index in [-0.39, 0.29) is 6.09 Å². The van der Waals surface area contributed by atoms with Gasteiger partial charge in [-0.05, 0) is 52.9 Å². The number of piperidine rings is 1. The van der Waals surface area contributed by atoms with Crippen molar-refractivity contribution in [3.8, 4) is 0 Å². The first-order valence-electron chi connectivity index (χ1n) is 10.3. The molecule has 2 saturated heterocycles. The predicted octanol–water partition coefficient (Wildman–Crippen LogP) is 2.57. The smallest absolute Gasteiger partial charge is 0.410 e. The zero-order chi connectivity index (χ0) is 19.9. The molecule has 1 atom stereocenters. The first-order chi connectivity index (χ1) is 12.8. The van der Waals surface area contributed by atoms with Crippen molar-refractivity contribution in [3.05, 3.63) is 0 Å². The minimum atomic E-state index is -0.435. The van der Waals surface area contributed by atoms with Crippen LogP contribution in [-0.4, -0.2) is 80.4 Å². The van der Waals surface area contributed by atoms with Crippen LogP contribution in [0.5, 0.6) is 0 Å². The summed E-state index contributed by atoms with van der Waals surface area (Å²) in [6, 6.07) is 0. The van der Waals surface area contributed by atoms with Crippen molar-refractivity contribution in [2.75, 3.05) is 53.0 Å². The predicted molar refractivity (Wildman–Crippen MR) is 108 cm³/mol. The van der Waals surface area contributed by atoms with E-state index in [1.54, 1.807) is 7.11 Å². The summed E-state index contributed by atoms with van der Waals surface area (Å²) < 4.78 is 10.8. The zero-order valence-corrected chi connectivity index (χ0v) is 17.8. The Morgan fingerprint density at radius 2 is 1.74 bits per heavy atom. The lowest BCUT2D eigenvalue weighted by Gasteiger charge is -2.33. The normalized spacial score (nSPS) is 22.3. The number of methoxy groups -OCH3 is 1. The zero-order valence-electron chi connectivity index (χ0n) is 17.8. The molecule has 0 spiro atoms. The molecule has 2 rings (SSSR count). The van der Waals surface area contributed by atoms with Crippen molar-refractivity contribution in [1.29, 1.82) is 0 Å². The van der Waals surface area contributed by atoms with E-state index >= 15 is 0 Å². The van der Waals surface area contributed by atoms with Gasteiger partial charge in [-0.25, -0.2) is 4.79 Å². The minimum absolute atomic E-state index is 0.195. The molecule has 7 nitrogen and oxygen atoms in total. The Bertz CT molecular complexity index is 496. The monoisotopic (exact) mass is 382 g/mol. The molecule has 1 N–H and O–H groups in total. The number of hydrogen-bond donors (Lipinski definition) is 1. The third kappa shape index (κ3) is 7.20. The van der Waals surface area contributed by atoms with Crippen LogP contribution in [0.4, 0.5) is 4.79 Å². The number of carbonyl (C=O) groups excluding carboxylic acids is 1. The molecule has 0 aromatic rings. The Morgan fingerprint density at radius 1 is 1.11 bits per heavy atom. The quantitative estimate of drug-likeness (QED) is 0.585. The van der Waals surface area contributed by atoms with Crippen LogP contribution in [0.25, 0.3) is 0 Å². The Morgan fingerprint density at radius 3 is 2.33 bits per heavy atom. The van der Waals surface area contributed by atoms with E-state index in [1.807, 2.05) is 25.7 Å². The van der Waals surface area contributed by atoms with Gasteiger partial charge in [0.05, 0.1) is 6.61 Å². The lowest BCUT2D eigenvalue weighted by atomic mass is 9.97. The van der Waals surface area contributed by atoms with Gasteiger partial charge in [0.15, 0.2) is 5.96 Å². The molecule has 0 aliphatic carbocycles. The van der Waals surface area contributed by atoms with Crippen molar-refractivity contribution >= 4 is 12.1 Å². The summed E-state index contributed by atoms with van der Waals surface area (Å²) >= 11 is 0. The number of rotatable bonds is 5. The summed E-state index contributed by atoms with van der Waals surface area (Å²) in [4.78, 5) is 21.3. The summed E-state index contributed by atoms with van der Waals surface area (Å²) in [5.41, 5.74) is -0.435. The van der Waals surface area contributed by atoms with Crippen LogP contribution in [0.3, 0.4) is 0 Å². The summed E-state index contributed by atoms with van der Waals surface area (Å²) in [5, 5.41) is 3.43. The Kier molecular flexibility index (Phi) is 8.20. The average Bonchev–Trinajstić information content (AvgIpc) is 3.06. The summed E-state index contributed by atoms with van der Waals surface area (Å²) in [6.07, 6.45) is 2.93. The molecule has 7 heteroatoms. The highest BCUT2D eigenvalue weighted by Crippen LogP contribution is 2.21. The van der Waals surface area contributed by atoms with E-state index < -0.39 is 5.60 Å². The molecule has 2 fully saturated rings. The highest BCUT2D eigenvalue weighted by Gasteiger charge is 2.28. The van der Waals surface area contributed by atoms with Gasteiger partial charge in [-0.15, -0.1) is 0 Å². The SMILES string of the molecule is CCNC(=NCC1CCN(C(=O)OC(C)(C)C)CC1)N1CCC(COC)C1. The molecule has 2 heterocycles. The van der Waals surface area contributed by atoms with E-state index in [9.17, 15) is 4.79 Å². The van der Waals surface area contributed by atoms with Gasteiger partial charge in [-0.3, -0.25) is 4.99 Å². The van der Waals surface area contributed by atoms with Crippen molar-refractivity contribution in [1.82, 2.24) is 15.1 Å². The second kappa shape index (κ2) is 10.2. The lowest BCUT2D eigenvalue weighted by Crippen LogP contribution is -2.43. The molecular formula is C20H38N4O3. The first kappa shape index (κ1) is 21.8. The van der Waals surface area contributed by atoms with Crippen molar-refractivity contribution in [2.45, 2.75) is 52.6 Å². The number of nitrogens with one attached hydrogen (secondary N) is 1. The van der Waals surface area contributed by atoms with Gasteiger partial charge in [0.25, 0.3) is 0 Å². The molecule has 27 heavy (non-hydrogen) atoms. The van der Waals surface area contributed by atoms with Crippen LogP contribution in [0.15, 0.2) is 4.99 Å². The van der Waals surface area contributed by atoms with E-state index in [4.69, 9.17) is 14.5 Å². The molecule has 1 amide bonds. The standard InChI is InChI=1S/C20H38N4O3/c1-6-21-18(24-12-9-17(14-24)15-26-5)22-13-16-7-10-23(11-8-16)19(25)27-20(2,3)4/h16-17H,6-15H2,1-5H3,(H,21,22). The van der Waals surface area contributed by atoms with Crippen LogP contribution in [-0.2, 0) is 9.47 Å². The topological polar surface area (TPSA) is 66.4 Å². The highest BCUT2D eigenvalue weighted by atomic mass is 16.6. The number of carbonyl (C=O) groups is 1. The summed E-state index contributed by atoms with van der Waals surface area (Å²) in [5.74, 6) is 2.14. The second-order valence-electron chi connectivity index (χ2n) is 8.66. The van der Waals surface area contributed by atoms with Crippen molar-refractivity contribution in [2.24, 2.45) is 16.8 Å². The fourth-order valence-electron chi connectivity index (χ4n) is 3.66. The van der Waals surface area contributed by atoms with Crippen LogP contribution in [0, 0.1) is 11.8 Å². The van der Waals surface area contributed by atoms with Gasteiger partial charge >= 0.3 is 6.09 Å². The van der Waals surface area contributed by atoms with Gasteiger partial charge in [0, 0.05) is 52.3 Å². The number of amides is 1. The fraction of sp³-hybridized carbons (Fsp3) is 0.900. The van der Waals surface area contributed by atoms with Crippen LogP contribution in [0.2, 0.25) is 0 Å². The third-order valence-electron chi connectivity index (χ3n) is 5.09. The van der Waals surface area contributed by atoms with Crippen molar-refractivity contribution < 1.29 is 14.3 Å². The molecule has 0 aromatic carbocycles. The van der Waals surface area contributed by atoms with Crippen LogP contribution < -0.4 is 5.32 Å². The fourth-order valence-corrected chi connectivity index (χ4v) is 3.66. The Hall–Kier alpha value is -1.50. The van der Waals surface area contributed by atoms with E-state index in [1.165, 1.54) is 0 Å². The maximum Gasteiger partial charge on any atom is 0.410 e. The average molecular weight is 383 g/mol. The Labute approximate surface area is 164 Å².